The lowest BCUT2D eigenvalue weighted by atomic mass is 10.1. The van der Waals surface area contributed by atoms with Crippen LogP contribution in [0.3, 0.4) is 0 Å². The topological polar surface area (TPSA) is 39.1 Å². The molecule has 1 unspecified atom stereocenters. The van der Waals surface area contributed by atoms with Gasteiger partial charge in [-0.25, -0.2) is 0 Å². The number of hydrogen-bond acceptors (Lipinski definition) is 3. The Kier molecular flexibility index (Phi) is 3.30. The Labute approximate surface area is 97.0 Å². The molecule has 0 aliphatic carbocycles. The second-order valence-electron chi connectivity index (χ2n) is 5.12. The molecule has 16 heavy (non-hydrogen) atoms. The molecule has 0 radical (unpaired) electrons. The molecule has 1 fully saturated rings. The molecule has 1 aliphatic rings. The number of hydrogen-bond donors (Lipinski definition) is 1. The van der Waals surface area contributed by atoms with E-state index in [4.69, 9.17) is 4.74 Å². The van der Waals surface area contributed by atoms with Gasteiger partial charge in [0.25, 0.3) is 0 Å². The van der Waals surface area contributed by atoms with Crippen LogP contribution in [0.1, 0.15) is 32.4 Å². The molecule has 1 aliphatic heterocycles. The predicted octanol–water partition coefficient (Wildman–Crippen LogP) is 1.47. The maximum absolute atomic E-state index is 5.91. The van der Waals surface area contributed by atoms with Crippen LogP contribution in [0.2, 0.25) is 0 Å². The number of aromatic nitrogens is 2. The summed E-state index contributed by atoms with van der Waals surface area (Å²) in [4.78, 5) is 0. The maximum Gasteiger partial charge on any atom is 0.0707 e. The third kappa shape index (κ3) is 2.83. The van der Waals surface area contributed by atoms with Crippen LogP contribution >= 0.6 is 0 Å². The second-order valence-corrected chi connectivity index (χ2v) is 5.12. The minimum absolute atomic E-state index is 0.0683. The molecule has 1 aromatic rings. The van der Waals surface area contributed by atoms with E-state index in [-0.39, 0.29) is 5.60 Å². The van der Waals surface area contributed by atoms with Crippen molar-refractivity contribution in [3.05, 3.63) is 18.0 Å². The van der Waals surface area contributed by atoms with Gasteiger partial charge < -0.3 is 10.1 Å². The minimum atomic E-state index is 0.0683. The van der Waals surface area contributed by atoms with Gasteiger partial charge in [0, 0.05) is 26.3 Å². The van der Waals surface area contributed by atoms with Crippen molar-refractivity contribution in [2.45, 2.75) is 44.9 Å². The summed E-state index contributed by atoms with van der Waals surface area (Å²) in [6, 6.07) is 2.03. The summed E-state index contributed by atoms with van der Waals surface area (Å²) in [5, 5.41) is 7.56. The van der Waals surface area contributed by atoms with Gasteiger partial charge in [-0.15, -0.1) is 0 Å². The predicted molar refractivity (Wildman–Crippen MR) is 63.1 cm³/mol. The Balaban J connectivity index is 1.71. The Morgan fingerprint density at radius 1 is 1.62 bits per heavy atom. The lowest BCUT2D eigenvalue weighted by molar-refractivity contribution is -0.0143. The molecule has 4 nitrogen and oxygen atoms in total. The first kappa shape index (κ1) is 11.6. The van der Waals surface area contributed by atoms with Crippen molar-refractivity contribution >= 4 is 0 Å². The van der Waals surface area contributed by atoms with Crippen molar-refractivity contribution in [1.29, 1.82) is 0 Å². The summed E-state index contributed by atoms with van der Waals surface area (Å²) in [5.74, 6) is 0. The molecule has 0 aromatic carbocycles. The standard InChI is InChI=1S/C12H21N3O/c1-12(2)6-4-11(16-12)9-13-8-10-5-7-14-15(10)3/h5,7,11,13H,4,6,8-9H2,1-3H3. The smallest absolute Gasteiger partial charge is 0.0707 e. The van der Waals surface area contributed by atoms with Crippen LogP contribution in [0.25, 0.3) is 0 Å². The highest BCUT2D eigenvalue weighted by Crippen LogP contribution is 2.28. The van der Waals surface area contributed by atoms with Crippen molar-refractivity contribution in [3.8, 4) is 0 Å². The van der Waals surface area contributed by atoms with Crippen LogP contribution in [0.15, 0.2) is 12.3 Å². The van der Waals surface area contributed by atoms with E-state index < -0.39 is 0 Å². The zero-order valence-electron chi connectivity index (χ0n) is 10.4. The minimum Gasteiger partial charge on any atom is -0.371 e. The van der Waals surface area contributed by atoms with E-state index in [1.165, 1.54) is 5.69 Å². The van der Waals surface area contributed by atoms with Gasteiger partial charge in [-0.05, 0) is 32.8 Å². The maximum atomic E-state index is 5.91. The van der Waals surface area contributed by atoms with Crippen LogP contribution in [0.5, 0.6) is 0 Å². The van der Waals surface area contributed by atoms with Crippen molar-refractivity contribution in [2.75, 3.05) is 6.54 Å². The summed E-state index contributed by atoms with van der Waals surface area (Å²) in [6.07, 6.45) is 4.51. The van der Waals surface area contributed by atoms with E-state index in [1.54, 1.807) is 0 Å². The molecule has 0 bridgehead atoms. The lowest BCUT2D eigenvalue weighted by Gasteiger charge is -2.19. The first-order chi connectivity index (χ1) is 7.57. The van der Waals surface area contributed by atoms with Crippen LogP contribution in [0, 0.1) is 0 Å². The highest BCUT2D eigenvalue weighted by Gasteiger charge is 2.31. The fraction of sp³-hybridized carbons (Fsp3) is 0.750. The number of nitrogens with zero attached hydrogens (tertiary/aromatic N) is 2. The van der Waals surface area contributed by atoms with E-state index in [0.29, 0.717) is 6.10 Å². The van der Waals surface area contributed by atoms with Crippen LogP contribution < -0.4 is 5.32 Å². The largest absolute Gasteiger partial charge is 0.371 e. The van der Waals surface area contributed by atoms with Crippen LogP contribution in [0.4, 0.5) is 0 Å². The van der Waals surface area contributed by atoms with Gasteiger partial charge >= 0.3 is 0 Å². The van der Waals surface area contributed by atoms with Crippen molar-refractivity contribution < 1.29 is 4.74 Å². The zero-order chi connectivity index (χ0) is 11.6. The van der Waals surface area contributed by atoms with E-state index in [0.717, 1.165) is 25.9 Å². The Hall–Kier alpha value is -0.870. The molecule has 90 valence electrons. The monoisotopic (exact) mass is 223 g/mol. The van der Waals surface area contributed by atoms with Crippen LogP contribution in [-0.4, -0.2) is 28.0 Å². The molecule has 4 heteroatoms. The summed E-state index contributed by atoms with van der Waals surface area (Å²) < 4.78 is 7.81. The Bertz CT molecular complexity index is 346. The number of aryl methyl sites for hydroxylation is 1. The van der Waals surface area contributed by atoms with Crippen molar-refractivity contribution in [3.63, 3.8) is 0 Å². The molecule has 0 spiro atoms. The summed E-state index contributed by atoms with van der Waals surface area (Å²) >= 11 is 0. The van der Waals surface area contributed by atoms with Gasteiger partial charge in [0.1, 0.15) is 0 Å². The normalized spacial score (nSPS) is 23.8. The van der Waals surface area contributed by atoms with Gasteiger partial charge in [-0.2, -0.15) is 5.10 Å². The molecule has 1 atom stereocenters. The third-order valence-electron chi connectivity index (χ3n) is 3.15. The summed E-state index contributed by atoms with van der Waals surface area (Å²) in [5.41, 5.74) is 1.27. The van der Waals surface area contributed by atoms with E-state index >= 15 is 0 Å². The highest BCUT2D eigenvalue weighted by atomic mass is 16.5. The van der Waals surface area contributed by atoms with E-state index in [2.05, 4.69) is 24.3 Å². The average Bonchev–Trinajstić information content (AvgIpc) is 2.74. The molecule has 1 saturated heterocycles. The first-order valence-corrected chi connectivity index (χ1v) is 5.92. The fourth-order valence-corrected chi connectivity index (χ4v) is 2.16. The Morgan fingerprint density at radius 3 is 3.00 bits per heavy atom. The van der Waals surface area contributed by atoms with E-state index in [1.807, 2.05) is 24.0 Å². The van der Waals surface area contributed by atoms with Gasteiger partial charge in [0.2, 0.25) is 0 Å². The van der Waals surface area contributed by atoms with Gasteiger partial charge in [0.15, 0.2) is 0 Å². The quantitative estimate of drug-likeness (QED) is 0.840. The van der Waals surface area contributed by atoms with E-state index in [9.17, 15) is 0 Å². The van der Waals surface area contributed by atoms with Gasteiger partial charge in [-0.1, -0.05) is 0 Å². The number of nitrogens with one attached hydrogen (secondary N) is 1. The zero-order valence-corrected chi connectivity index (χ0v) is 10.4. The fourth-order valence-electron chi connectivity index (χ4n) is 2.16. The third-order valence-corrected chi connectivity index (χ3v) is 3.15. The van der Waals surface area contributed by atoms with Crippen molar-refractivity contribution in [2.24, 2.45) is 7.05 Å². The molecule has 1 N–H and O–H groups in total. The number of ether oxygens (including phenoxy) is 1. The molecular weight excluding hydrogens is 202 g/mol. The lowest BCUT2D eigenvalue weighted by Crippen LogP contribution is -2.29. The first-order valence-electron chi connectivity index (χ1n) is 5.92. The molecular formula is C12H21N3O. The average molecular weight is 223 g/mol. The number of rotatable bonds is 4. The van der Waals surface area contributed by atoms with Crippen LogP contribution in [-0.2, 0) is 18.3 Å². The molecule has 0 saturated carbocycles. The van der Waals surface area contributed by atoms with Gasteiger partial charge in [0.05, 0.1) is 17.4 Å². The molecule has 2 heterocycles. The SMILES string of the molecule is Cn1nccc1CNCC1CCC(C)(C)O1. The molecule has 1 aromatic heterocycles. The molecule has 2 rings (SSSR count). The molecule has 0 amide bonds. The second kappa shape index (κ2) is 4.55. The van der Waals surface area contributed by atoms with Crippen molar-refractivity contribution in [1.82, 2.24) is 15.1 Å². The summed E-state index contributed by atoms with van der Waals surface area (Å²) in [6.45, 7) is 6.10. The summed E-state index contributed by atoms with van der Waals surface area (Å²) in [7, 11) is 1.96. The highest BCUT2D eigenvalue weighted by molar-refractivity contribution is 4.99. The Morgan fingerprint density at radius 2 is 2.44 bits per heavy atom. The van der Waals surface area contributed by atoms with Gasteiger partial charge in [-0.3, -0.25) is 4.68 Å².